The third-order valence-electron chi connectivity index (χ3n) is 3.05. The van der Waals surface area contributed by atoms with Crippen molar-refractivity contribution in [1.29, 1.82) is 0 Å². The molecular formula is C13H21F2NO4. The number of esters is 1. The summed E-state index contributed by atoms with van der Waals surface area (Å²) >= 11 is 0. The fourth-order valence-corrected chi connectivity index (χ4v) is 2.16. The predicted octanol–water partition coefficient (Wildman–Crippen LogP) is 2.14. The van der Waals surface area contributed by atoms with Crippen LogP contribution in [-0.4, -0.2) is 43.2 Å². The molecule has 0 saturated heterocycles. The summed E-state index contributed by atoms with van der Waals surface area (Å²) in [5.74, 6) is -1.39. The van der Waals surface area contributed by atoms with Gasteiger partial charge in [0.2, 0.25) is 0 Å². The minimum atomic E-state index is -1.85. The van der Waals surface area contributed by atoms with E-state index in [0.29, 0.717) is 0 Å². The van der Waals surface area contributed by atoms with Crippen molar-refractivity contribution < 1.29 is 27.8 Å². The minimum absolute atomic E-state index is 0.0384. The lowest BCUT2D eigenvalue weighted by Crippen LogP contribution is -2.42. The van der Waals surface area contributed by atoms with E-state index in [9.17, 15) is 18.4 Å². The van der Waals surface area contributed by atoms with E-state index >= 15 is 0 Å². The van der Waals surface area contributed by atoms with Crippen LogP contribution < -0.4 is 5.32 Å². The topological polar surface area (TPSA) is 64.6 Å². The van der Waals surface area contributed by atoms with Crippen molar-refractivity contribution in [3.05, 3.63) is 0 Å². The van der Waals surface area contributed by atoms with Gasteiger partial charge in [0.15, 0.2) is 6.17 Å². The molecule has 0 aliphatic heterocycles. The van der Waals surface area contributed by atoms with Crippen LogP contribution in [0.3, 0.4) is 0 Å². The Morgan fingerprint density at radius 3 is 2.35 bits per heavy atom. The maximum absolute atomic E-state index is 13.8. The number of hydrogen-bond acceptors (Lipinski definition) is 4. The fraction of sp³-hybridized carbons (Fsp3) is 0.846. The molecule has 5 nitrogen and oxygen atoms in total. The fourth-order valence-electron chi connectivity index (χ4n) is 2.16. The quantitative estimate of drug-likeness (QED) is 0.810. The highest BCUT2D eigenvalue weighted by Gasteiger charge is 2.46. The smallest absolute Gasteiger partial charge is 0.407 e. The average molecular weight is 293 g/mol. The molecule has 1 amide bonds. The summed E-state index contributed by atoms with van der Waals surface area (Å²) in [5.41, 5.74) is -0.713. The summed E-state index contributed by atoms with van der Waals surface area (Å²) < 4.78 is 37.0. The van der Waals surface area contributed by atoms with Gasteiger partial charge in [0, 0.05) is 5.92 Å². The Kier molecular flexibility index (Phi) is 5.30. The van der Waals surface area contributed by atoms with Gasteiger partial charge in [0.25, 0.3) is 0 Å². The van der Waals surface area contributed by atoms with Crippen molar-refractivity contribution in [3.63, 3.8) is 0 Å². The molecule has 20 heavy (non-hydrogen) atoms. The van der Waals surface area contributed by atoms with Crippen LogP contribution in [0.1, 0.15) is 33.6 Å². The van der Waals surface area contributed by atoms with Gasteiger partial charge in [-0.2, -0.15) is 0 Å². The molecule has 0 aromatic carbocycles. The molecule has 0 spiro atoms. The van der Waals surface area contributed by atoms with E-state index in [-0.39, 0.29) is 12.8 Å². The first-order chi connectivity index (χ1) is 9.14. The van der Waals surface area contributed by atoms with Crippen molar-refractivity contribution in [1.82, 2.24) is 5.32 Å². The van der Waals surface area contributed by atoms with Crippen molar-refractivity contribution in [2.24, 2.45) is 5.92 Å². The van der Waals surface area contributed by atoms with Gasteiger partial charge in [-0.05, 0) is 27.2 Å². The number of alkyl halides is 2. The number of halogens is 2. The first-order valence-electron chi connectivity index (χ1n) is 6.48. The lowest BCUT2D eigenvalue weighted by molar-refractivity contribution is -0.142. The van der Waals surface area contributed by atoms with E-state index in [4.69, 9.17) is 4.74 Å². The molecule has 0 aromatic heterocycles. The second-order valence-electron chi connectivity index (χ2n) is 5.92. The molecule has 7 heteroatoms. The highest BCUT2D eigenvalue weighted by molar-refractivity contribution is 5.70. The molecule has 0 aromatic rings. The molecule has 1 aliphatic rings. The third-order valence-corrected chi connectivity index (χ3v) is 3.05. The molecule has 2 unspecified atom stereocenters. The Labute approximate surface area is 117 Å². The van der Waals surface area contributed by atoms with Crippen molar-refractivity contribution in [2.75, 3.05) is 7.11 Å². The van der Waals surface area contributed by atoms with Gasteiger partial charge in [-0.15, -0.1) is 0 Å². The van der Waals surface area contributed by atoms with Crippen molar-refractivity contribution in [2.45, 2.75) is 57.6 Å². The summed E-state index contributed by atoms with van der Waals surface area (Å²) in [6.45, 7) is 5.02. The van der Waals surface area contributed by atoms with Crippen LogP contribution in [0, 0.1) is 5.92 Å². The number of amides is 1. The molecule has 1 N–H and O–H groups in total. The number of rotatable bonds is 3. The van der Waals surface area contributed by atoms with Gasteiger partial charge in [-0.25, -0.2) is 13.6 Å². The van der Waals surface area contributed by atoms with Crippen LogP contribution in [0.25, 0.3) is 0 Å². The predicted molar refractivity (Wildman–Crippen MR) is 67.7 cm³/mol. The lowest BCUT2D eigenvalue weighted by Gasteiger charge is -2.22. The molecule has 1 rings (SSSR count). The zero-order valence-electron chi connectivity index (χ0n) is 12.1. The standard InChI is InChI=1S/C13H21F2NO4/c1-13(2,3)20-12(18)16-8-5-7(6-9(17)19-4)10(14)11(8)15/h7-8,10-11H,5-6H2,1-4H3,(H,16,18)/t7-,8-,10?,11?/m1/s1. The molecule has 0 radical (unpaired) electrons. The average Bonchev–Trinajstić information content (AvgIpc) is 2.55. The molecule has 1 aliphatic carbocycles. The SMILES string of the molecule is COC(=O)C[C@H]1C[C@@H](NC(=O)OC(C)(C)C)C(F)C1F. The normalized spacial score (nSPS) is 29.9. The molecule has 4 atom stereocenters. The summed E-state index contributed by atoms with van der Waals surface area (Å²) in [6, 6.07) is -0.991. The first kappa shape index (κ1) is 16.7. The largest absolute Gasteiger partial charge is 0.469 e. The second kappa shape index (κ2) is 6.37. The number of carbonyl (C=O) groups is 2. The summed E-state index contributed by atoms with van der Waals surface area (Å²) in [6.07, 6.45) is -4.61. The van der Waals surface area contributed by atoms with E-state index in [2.05, 4.69) is 10.1 Å². The number of alkyl carbamates (subject to hydrolysis) is 1. The number of hydrogen-bond donors (Lipinski definition) is 1. The Hall–Kier alpha value is -1.40. The van der Waals surface area contributed by atoms with Gasteiger partial charge in [-0.1, -0.05) is 0 Å². The zero-order chi connectivity index (χ0) is 15.5. The highest BCUT2D eigenvalue weighted by Crippen LogP contribution is 2.34. The number of nitrogens with one attached hydrogen (secondary N) is 1. The van der Waals surface area contributed by atoms with Crippen molar-refractivity contribution in [3.8, 4) is 0 Å². The van der Waals surface area contributed by atoms with Gasteiger partial charge in [0.1, 0.15) is 11.8 Å². The third kappa shape index (κ3) is 4.61. The Bertz CT molecular complexity index is 370. The van der Waals surface area contributed by atoms with Crippen LogP contribution in [0.2, 0.25) is 0 Å². The Morgan fingerprint density at radius 1 is 1.25 bits per heavy atom. The van der Waals surface area contributed by atoms with Crippen LogP contribution >= 0.6 is 0 Å². The summed E-state index contributed by atoms with van der Waals surface area (Å²) in [5, 5.41) is 2.31. The monoisotopic (exact) mass is 293 g/mol. The van der Waals surface area contributed by atoms with Crippen molar-refractivity contribution >= 4 is 12.1 Å². The Balaban J connectivity index is 2.56. The second-order valence-corrected chi connectivity index (χ2v) is 5.92. The van der Waals surface area contributed by atoms with Gasteiger partial charge in [-0.3, -0.25) is 4.79 Å². The van der Waals surface area contributed by atoms with Gasteiger partial charge in [0.05, 0.1) is 19.6 Å². The number of carbonyl (C=O) groups excluding carboxylic acids is 2. The maximum Gasteiger partial charge on any atom is 0.407 e. The zero-order valence-corrected chi connectivity index (χ0v) is 12.1. The van der Waals surface area contributed by atoms with E-state index in [1.54, 1.807) is 20.8 Å². The van der Waals surface area contributed by atoms with E-state index in [1.165, 1.54) is 7.11 Å². The van der Waals surface area contributed by atoms with Crippen LogP contribution in [-0.2, 0) is 14.3 Å². The van der Waals surface area contributed by atoms with E-state index < -0.39 is 42.0 Å². The van der Waals surface area contributed by atoms with Crippen LogP contribution in [0.4, 0.5) is 13.6 Å². The van der Waals surface area contributed by atoms with Gasteiger partial charge < -0.3 is 14.8 Å². The lowest BCUT2D eigenvalue weighted by atomic mass is 10.0. The minimum Gasteiger partial charge on any atom is -0.469 e. The molecule has 1 fully saturated rings. The number of ether oxygens (including phenoxy) is 2. The van der Waals surface area contributed by atoms with E-state index in [0.717, 1.165) is 0 Å². The summed E-state index contributed by atoms with van der Waals surface area (Å²) in [7, 11) is 1.19. The van der Waals surface area contributed by atoms with Gasteiger partial charge >= 0.3 is 12.1 Å². The van der Waals surface area contributed by atoms with Crippen LogP contribution in [0.5, 0.6) is 0 Å². The molecular weight excluding hydrogens is 272 g/mol. The first-order valence-corrected chi connectivity index (χ1v) is 6.48. The maximum atomic E-state index is 13.8. The van der Waals surface area contributed by atoms with E-state index in [1.807, 2.05) is 0 Å². The summed E-state index contributed by atoms with van der Waals surface area (Å²) in [4.78, 5) is 22.7. The Morgan fingerprint density at radius 2 is 1.85 bits per heavy atom. The molecule has 0 heterocycles. The van der Waals surface area contributed by atoms with Crippen LogP contribution in [0.15, 0.2) is 0 Å². The highest BCUT2D eigenvalue weighted by atomic mass is 19.2. The molecule has 0 bridgehead atoms. The molecule has 116 valence electrons. The molecule has 1 saturated carbocycles. The number of methoxy groups -OCH3 is 1.